The van der Waals surface area contributed by atoms with Crippen molar-refractivity contribution in [2.24, 2.45) is 11.8 Å². The number of aldehydes is 1. The van der Waals surface area contributed by atoms with Gasteiger partial charge in [0.25, 0.3) is 0 Å². The molecule has 0 radical (unpaired) electrons. The van der Waals surface area contributed by atoms with Crippen LogP contribution in [-0.2, 0) is 17.6 Å². The lowest BCUT2D eigenvalue weighted by atomic mass is 9.93. The molecule has 1 aromatic rings. The Kier molecular flexibility index (Phi) is 2.17. The number of rotatable bonds is 2. The van der Waals surface area contributed by atoms with Crippen molar-refractivity contribution in [3.05, 3.63) is 35.4 Å². The molecule has 0 saturated carbocycles. The summed E-state index contributed by atoms with van der Waals surface area (Å²) in [6.45, 7) is 2.02. The van der Waals surface area contributed by atoms with Crippen LogP contribution in [0.2, 0.25) is 0 Å². The third kappa shape index (κ3) is 1.51. The van der Waals surface area contributed by atoms with Crippen LogP contribution in [0.3, 0.4) is 0 Å². The van der Waals surface area contributed by atoms with Crippen LogP contribution in [0.4, 0.5) is 0 Å². The smallest absolute Gasteiger partial charge is 0.123 e. The van der Waals surface area contributed by atoms with E-state index < -0.39 is 0 Å². The molecular weight excluding hydrogens is 160 g/mol. The van der Waals surface area contributed by atoms with Crippen LogP contribution in [0.5, 0.6) is 0 Å². The molecule has 13 heavy (non-hydrogen) atoms. The van der Waals surface area contributed by atoms with Crippen molar-refractivity contribution in [1.82, 2.24) is 0 Å². The van der Waals surface area contributed by atoms with Crippen molar-refractivity contribution in [1.29, 1.82) is 0 Å². The number of benzene rings is 1. The topological polar surface area (TPSA) is 17.1 Å². The molecule has 1 atom stereocenters. The molecule has 0 aromatic heterocycles. The first-order valence-corrected chi connectivity index (χ1v) is 4.83. The molecule has 1 aromatic carbocycles. The molecule has 1 nitrogen and oxygen atoms in total. The van der Waals surface area contributed by atoms with Crippen molar-refractivity contribution in [3.8, 4) is 0 Å². The van der Waals surface area contributed by atoms with Crippen molar-refractivity contribution >= 4 is 6.29 Å². The predicted octanol–water partition coefficient (Wildman–Crippen LogP) is 2.24. The number of fused-ring (bicyclic) bond motifs is 1. The molecule has 0 N–H and O–H groups in total. The van der Waals surface area contributed by atoms with Crippen LogP contribution in [0.1, 0.15) is 18.1 Å². The van der Waals surface area contributed by atoms with E-state index in [1.54, 1.807) is 0 Å². The number of hydrogen-bond acceptors (Lipinski definition) is 1. The van der Waals surface area contributed by atoms with Gasteiger partial charge in [0.05, 0.1) is 0 Å². The molecule has 0 aliphatic heterocycles. The van der Waals surface area contributed by atoms with Gasteiger partial charge in [-0.25, -0.2) is 0 Å². The Hall–Kier alpha value is -1.11. The SMILES string of the molecule is CC(C=O)C1Cc2ccccc2C1. The van der Waals surface area contributed by atoms with Crippen LogP contribution in [0, 0.1) is 11.8 Å². The van der Waals surface area contributed by atoms with E-state index in [1.165, 1.54) is 11.1 Å². The zero-order valence-electron chi connectivity index (χ0n) is 7.86. The maximum Gasteiger partial charge on any atom is 0.123 e. The van der Waals surface area contributed by atoms with E-state index in [2.05, 4.69) is 24.3 Å². The first kappa shape index (κ1) is 8.49. The second-order valence-corrected chi connectivity index (χ2v) is 3.93. The molecule has 2 rings (SSSR count). The predicted molar refractivity (Wildman–Crippen MR) is 52.6 cm³/mol. The van der Waals surface area contributed by atoms with E-state index in [0.717, 1.165) is 19.1 Å². The molecule has 1 heteroatoms. The lowest BCUT2D eigenvalue weighted by Gasteiger charge is -2.10. The second-order valence-electron chi connectivity index (χ2n) is 3.93. The molecule has 0 amide bonds. The van der Waals surface area contributed by atoms with Gasteiger partial charge in [-0.3, -0.25) is 0 Å². The van der Waals surface area contributed by atoms with Gasteiger partial charge in [-0.1, -0.05) is 31.2 Å². The molecular formula is C12H14O. The van der Waals surface area contributed by atoms with E-state index in [-0.39, 0.29) is 5.92 Å². The Labute approximate surface area is 78.8 Å². The molecule has 68 valence electrons. The van der Waals surface area contributed by atoms with Gasteiger partial charge < -0.3 is 4.79 Å². The van der Waals surface area contributed by atoms with Crippen molar-refractivity contribution in [2.45, 2.75) is 19.8 Å². The fourth-order valence-corrected chi connectivity index (χ4v) is 2.08. The molecule has 1 aliphatic carbocycles. The maximum atomic E-state index is 10.6. The summed E-state index contributed by atoms with van der Waals surface area (Å²) in [5.41, 5.74) is 2.86. The lowest BCUT2D eigenvalue weighted by molar-refractivity contribution is -0.111. The van der Waals surface area contributed by atoms with E-state index in [9.17, 15) is 4.79 Å². The Morgan fingerprint density at radius 1 is 1.31 bits per heavy atom. The van der Waals surface area contributed by atoms with Gasteiger partial charge in [0.2, 0.25) is 0 Å². The van der Waals surface area contributed by atoms with Crippen LogP contribution in [0.15, 0.2) is 24.3 Å². The Bertz CT molecular complexity index is 292. The molecule has 0 fully saturated rings. The maximum absolute atomic E-state index is 10.6. The fourth-order valence-electron chi connectivity index (χ4n) is 2.08. The molecule has 1 unspecified atom stereocenters. The third-order valence-electron chi connectivity index (χ3n) is 3.04. The first-order valence-electron chi connectivity index (χ1n) is 4.83. The zero-order valence-corrected chi connectivity index (χ0v) is 7.86. The minimum absolute atomic E-state index is 0.201. The van der Waals surface area contributed by atoms with E-state index in [4.69, 9.17) is 0 Å². The summed E-state index contributed by atoms with van der Waals surface area (Å²) >= 11 is 0. The minimum Gasteiger partial charge on any atom is -0.303 e. The summed E-state index contributed by atoms with van der Waals surface area (Å²) in [4.78, 5) is 10.6. The summed E-state index contributed by atoms with van der Waals surface area (Å²) < 4.78 is 0. The second kappa shape index (κ2) is 3.33. The summed E-state index contributed by atoms with van der Waals surface area (Å²) in [7, 11) is 0. The monoisotopic (exact) mass is 174 g/mol. The number of carbonyl (C=O) groups is 1. The van der Waals surface area contributed by atoms with Gasteiger partial charge in [-0.2, -0.15) is 0 Å². The van der Waals surface area contributed by atoms with Crippen LogP contribution in [-0.4, -0.2) is 6.29 Å². The normalized spacial score (nSPS) is 18.2. The van der Waals surface area contributed by atoms with E-state index in [1.807, 2.05) is 6.92 Å². The molecule has 0 spiro atoms. The molecule has 1 aliphatic rings. The van der Waals surface area contributed by atoms with Gasteiger partial charge >= 0.3 is 0 Å². The summed E-state index contributed by atoms with van der Waals surface area (Å²) in [6, 6.07) is 8.50. The van der Waals surface area contributed by atoms with Gasteiger partial charge in [-0.05, 0) is 29.9 Å². The van der Waals surface area contributed by atoms with Crippen LogP contribution in [0.25, 0.3) is 0 Å². The minimum atomic E-state index is 0.201. The van der Waals surface area contributed by atoms with Gasteiger partial charge in [0, 0.05) is 5.92 Å². The fraction of sp³-hybridized carbons (Fsp3) is 0.417. The van der Waals surface area contributed by atoms with E-state index in [0.29, 0.717) is 5.92 Å². The van der Waals surface area contributed by atoms with Crippen LogP contribution >= 0.6 is 0 Å². The Morgan fingerprint density at radius 3 is 2.31 bits per heavy atom. The standard InChI is InChI=1S/C12H14O/c1-9(8-13)12-6-10-4-2-3-5-11(10)7-12/h2-5,8-9,12H,6-7H2,1H3. The van der Waals surface area contributed by atoms with Gasteiger partial charge in [0.1, 0.15) is 6.29 Å². The van der Waals surface area contributed by atoms with Crippen LogP contribution < -0.4 is 0 Å². The summed E-state index contributed by atoms with van der Waals surface area (Å²) in [5, 5.41) is 0. The quantitative estimate of drug-likeness (QED) is 0.628. The third-order valence-corrected chi connectivity index (χ3v) is 3.04. The number of carbonyl (C=O) groups excluding carboxylic acids is 1. The molecule has 0 bridgehead atoms. The first-order chi connectivity index (χ1) is 6.31. The van der Waals surface area contributed by atoms with Crippen molar-refractivity contribution in [3.63, 3.8) is 0 Å². The average Bonchev–Trinajstić information content (AvgIpc) is 2.59. The highest BCUT2D eigenvalue weighted by atomic mass is 16.1. The molecule has 0 heterocycles. The summed E-state index contributed by atoms with van der Waals surface area (Å²) in [6.07, 6.45) is 3.24. The Morgan fingerprint density at radius 2 is 1.85 bits per heavy atom. The van der Waals surface area contributed by atoms with Crippen molar-refractivity contribution in [2.75, 3.05) is 0 Å². The van der Waals surface area contributed by atoms with Gasteiger partial charge in [0.15, 0.2) is 0 Å². The highest BCUT2D eigenvalue weighted by molar-refractivity contribution is 5.54. The Balaban J connectivity index is 2.18. The number of hydrogen-bond donors (Lipinski definition) is 0. The van der Waals surface area contributed by atoms with Gasteiger partial charge in [-0.15, -0.1) is 0 Å². The van der Waals surface area contributed by atoms with E-state index >= 15 is 0 Å². The zero-order chi connectivity index (χ0) is 9.26. The average molecular weight is 174 g/mol. The highest BCUT2D eigenvalue weighted by Crippen LogP contribution is 2.30. The summed E-state index contributed by atoms with van der Waals surface area (Å²) in [5.74, 6) is 0.738. The molecule has 0 saturated heterocycles. The largest absolute Gasteiger partial charge is 0.303 e. The van der Waals surface area contributed by atoms with Crippen molar-refractivity contribution < 1.29 is 4.79 Å². The highest BCUT2D eigenvalue weighted by Gasteiger charge is 2.25. The lowest BCUT2D eigenvalue weighted by Crippen LogP contribution is -2.12.